The van der Waals surface area contributed by atoms with Crippen LogP contribution in [0.15, 0.2) is 34.8 Å². The molecule has 1 aromatic carbocycles. The van der Waals surface area contributed by atoms with Crippen LogP contribution in [0.5, 0.6) is 0 Å². The summed E-state index contributed by atoms with van der Waals surface area (Å²) in [5.41, 5.74) is 2.32. The second kappa shape index (κ2) is 5.35. The smallest absolute Gasteiger partial charge is 0.110 e. The van der Waals surface area contributed by atoms with Crippen LogP contribution >= 0.6 is 27.3 Å². The molecule has 0 fully saturated rings. The van der Waals surface area contributed by atoms with Crippen molar-refractivity contribution in [1.82, 2.24) is 0 Å². The second-order valence-electron chi connectivity index (χ2n) is 3.64. The fraction of sp³-hybridized carbons (Fsp3) is 0.154. The molecule has 17 heavy (non-hydrogen) atoms. The Morgan fingerprint density at radius 2 is 2.18 bits per heavy atom. The Balaban J connectivity index is 2.07. The largest absolute Gasteiger partial charge is 0.380 e. The third kappa shape index (κ3) is 2.87. The summed E-state index contributed by atoms with van der Waals surface area (Å²) in [6.45, 7) is 2.82. The molecule has 1 aromatic heterocycles. The highest BCUT2D eigenvalue weighted by Gasteiger charge is 2.03. The third-order valence-corrected chi connectivity index (χ3v) is 4.34. The van der Waals surface area contributed by atoms with Gasteiger partial charge in [0.05, 0.1) is 0 Å². The molecule has 0 aliphatic heterocycles. The average Bonchev–Trinajstić information content (AvgIpc) is 2.79. The molecule has 0 saturated carbocycles. The van der Waals surface area contributed by atoms with Crippen molar-refractivity contribution in [2.45, 2.75) is 13.5 Å². The van der Waals surface area contributed by atoms with Crippen LogP contribution in [-0.2, 0) is 6.54 Å². The molecule has 4 heteroatoms. The summed E-state index contributed by atoms with van der Waals surface area (Å²) < 4.78 is 1.10. The number of anilines is 1. The van der Waals surface area contributed by atoms with Gasteiger partial charge in [-0.2, -0.15) is 5.26 Å². The molecule has 1 N–H and O–H groups in total. The topological polar surface area (TPSA) is 35.8 Å². The van der Waals surface area contributed by atoms with Crippen LogP contribution < -0.4 is 5.32 Å². The molecule has 2 nitrogen and oxygen atoms in total. The molecule has 2 aromatic rings. The van der Waals surface area contributed by atoms with Gasteiger partial charge >= 0.3 is 0 Å². The highest BCUT2D eigenvalue weighted by atomic mass is 79.9. The van der Waals surface area contributed by atoms with E-state index in [-0.39, 0.29) is 0 Å². The van der Waals surface area contributed by atoms with Gasteiger partial charge in [0.1, 0.15) is 10.9 Å². The van der Waals surface area contributed by atoms with Gasteiger partial charge in [-0.25, -0.2) is 0 Å². The van der Waals surface area contributed by atoms with Gasteiger partial charge in [0.25, 0.3) is 0 Å². The molecule has 0 aliphatic rings. The lowest BCUT2D eigenvalue weighted by Crippen LogP contribution is -1.99. The van der Waals surface area contributed by atoms with Gasteiger partial charge in [-0.15, -0.1) is 11.3 Å². The average molecular weight is 307 g/mol. The van der Waals surface area contributed by atoms with Crippen LogP contribution in [0.1, 0.15) is 15.3 Å². The van der Waals surface area contributed by atoms with Crippen molar-refractivity contribution in [2.75, 3.05) is 5.32 Å². The first-order valence-electron chi connectivity index (χ1n) is 5.18. The van der Waals surface area contributed by atoms with Crippen LogP contribution in [0.4, 0.5) is 5.69 Å². The van der Waals surface area contributed by atoms with E-state index in [9.17, 15) is 0 Å². The number of hydrogen-bond donors (Lipinski definition) is 1. The van der Waals surface area contributed by atoms with Crippen LogP contribution in [0.2, 0.25) is 0 Å². The Kier molecular flexibility index (Phi) is 3.82. The maximum atomic E-state index is 8.75. The molecule has 2 rings (SSSR count). The quantitative estimate of drug-likeness (QED) is 0.917. The Morgan fingerprint density at radius 3 is 2.88 bits per heavy atom. The van der Waals surface area contributed by atoms with Crippen molar-refractivity contribution in [3.63, 3.8) is 0 Å². The Labute approximate surface area is 113 Å². The molecule has 0 aliphatic carbocycles. The van der Waals surface area contributed by atoms with Gasteiger partial charge in [0.15, 0.2) is 0 Å². The van der Waals surface area contributed by atoms with Gasteiger partial charge in [-0.1, -0.05) is 22.0 Å². The maximum Gasteiger partial charge on any atom is 0.110 e. The summed E-state index contributed by atoms with van der Waals surface area (Å²) in [4.78, 5) is 1.92. The van der Waals surface area contributed by atoms with Gasteiger partial charge in [0, 0.05) is 21.6 Å². The van der Waals surface area contributed by atoms with E-state index in [1.54, 1.807) is 0 Å². The molecule has 0 atom stereocenters. The fourth-order valence-corrected chi connectivity index (χ4v) is 2.63. The molecule has 0 spiro atoms. The van der Waals surface area contributed by atoms with E-state index < -0.39 is 0 Å². The Bertz CT molecular complexity index is 569. The van der Waals surface area contributed by atoms with Crippen molar-refractivity contribution in [3.05, 3.63) is 50.1 Å². The molecule has 0 radical (unpaired) electrons. The zero-order valence-electron chi connectivity index (χ0n) is 9.33. The monoisotopic (exact) mass is 306 g/mol. The molecule has 86 valence electrons. The van der Waals surface area contributed by atoms with Gasteiger partial charge in [-0.05, 0) is 36.8 Å². The first-order chi connectivity index (χ1) is 8.20. The second-order valence-corrected chi connectivity index (χ2v) is 5.67. The number of nitriles is 1. The number of halogens is 1. The lowest BCUT2D eigenvalue weighted by Gasteiger charge is -2.09. The fourth-order valence-electron chi connectivity index (χ4n) is 1.51. The Hall–Kier alpha value is -1.31. The minimum Gasteiger partial charge on any atom is -0.380 e. The van der Waals surface area contributed by atoms with Crippen LogP contribution in [-0.4, -0.2) is 0 Å². The lowest BCUT2D eigenvalue weighted by atomic mass is 10.2. The molecule has 0 bridgehead atoms. The summed E-state index contributed by atoms with van der Waals surface area (Å²) >= 11 is 5.03. The van der Waals surface area contributed by atoms with Crippen LogP contribution in [0, 0.1) is 18.3 Å². The normalized spacial score (nSPS) is 9.94. The molecule has 1 heterocycles. The number of nitrogens with one attached hydrogen (secondary N) is 1. The lowest BCUT2D eigenvalue weighted by molar-refractivity contribution is 1.18. The van der Waals surface area contributed by atoms with Gasteiger partial charge < -0.3 is 5.32 Å². The number of rotatable bonds is 3. The van der Waals surface area contributed by atoms with E-state index in [1.165, 1.54) is 21.8 Å². The predicted molar refractivity (Wildman–Crippen MR) is 75.2 cm³/mol. The van der Waals surface area contributed by atoms with Crippen molar-refractivity contribution in [2.24, 2.45) is 0 Å². The molecular weight excluding hydrogens is 296 g/mol. The molecule has 0 amide bonds. The standard InChI is InChI=1S/C13H11BrN2S/c1-9-12(14)3-2-4-13(9)16-8-11-6-5-10(7-15)17-11/h2-6,16H,8H2,1H3. The number of nitrogens with zero attached hydrogens (tertiary/aromatic N) is 1. The van der Waals surface area contributed by atoms with Crippen LogP contribution in [0.3, 0.4) is 0 Å². The van der Waals surface area contributed by atoms with Crippen LogP contribution in [0.25, 0.3) is 0 Å². The van der Waals surface area contributed by atoms with E-state index in [2.05, 4.69) is 40.3 Å². The van der Waals surface area contributed by atoms with Gasteiger partial charge in [-0.3, -0.25) is 0 Å². The Morgan fingerprint density at radius 1 is 1.35 bits per heavy atom. The minimum atomic E-state index is 0.754. The van der Waals surface area contributed by atoms with E-state index >= 15 is 0 Å². The van der Waals surface area contributed by atoms with E-state index in [4.69, 9.17) is 5.26 Å². The molecule has 0 saturated heterocycles. The minimum absolute atomic E-state index is 0.754. The maximum absolute atomic E-state index is 8.75. The zero-order valence-corrected chi connectivity index (χ0v) is 11.7. The predicted octanol–water partition coefficient (Wildman–Crippen LogP) is 4.30. The van der Waals surface area contributed by atoms with E-state index in [0.717, 1.165) is 21.6 Å². The van der Waals surface area contributed by atoms with Crippen molar-refractivity contribution in [3.8, 4) is 6.07 Å². The number of hydrogen-bond acceptors (Lipinski definition) is 3. The highest BCUT2D eigenvalue weighted by Crippen LogP contribution is 2.24. The molecular formula is C13H11BrN2S. The van der Waals surface area contributed by atoms with Crippen molar-refractivity contribution in [1.29, 1.82) is 5.26 Å². The molecule has 0 unspecified atom stereocenters. The SMILES string of the molecule is Cc1c(Br)cccc1NCc1ccc(C#N)s1. The van der Waals surface area contributed by atoms with Crippen molar-refractivity contribution < 1.29 is 0 Å². The number of thiophene rings is 1. The summed E-state index contributed by atoms with van der Waals surface area (Å²) in [5, 5.41) is 12.1. The summed E-state index contributed by atoms with van der Waals surface area (Å²) in [6.07, 6.45) is 0. The summed E-state index contributed by atoms with van der Waals surface area (Å²) in [5.74, 6) is 0. The van der Waals surface area contributed by atoms with Gasteiger partial charge in [0.2, 0.25) is 0 Å². The van der Waals surface area contributed by atoms with Crippen molar-refractivity contribution >= 4 is 33.0 Å². The first-order valence-corrected chi connectivity index (χ1v) is 6.79. The van der Waals surface area contributed by atoms with E-state index in [0.29, 0.717) is 0 Å². The summed E-state index contributed by atoms with van der Waals surface area (Å²) in [6, 6.07) is 12.1. The third-order valence-electron chi connectivity index (χ3n) is 2.49. The first kappa shape index (κ1) is 12.2. The highest BCUT2D eigenvalue weighted by molar-refractivity contribution is 9.10. The number of benzene rings is 1. The van der Waals surface area contributed by atoms with E-state index in [1.807, 2.05) is 24.3 Å². The zero-order chi connectivity index (χ0) is 12.3. The summed E-state index contributed by atoms with van der Waals surface area (Å²) in [7, 11) is 0.